The molecule has 2 heterocycles. The second-order valence-corrected chi connectivity index (χ2v) is 9.40. The van der Waals surface area contributed by atoms with Crippen LogP contribution in [-0.4, -0.2) is 56.5 Å². The Hall–Kier alpha value is -4.41. The van der Waals surface area contributed by atoms with Crippen molar-refractivity contribution in [1.29, 1.82) is 0 Å². The second kappa shape index (κ2) is 10.7. The molecule has 1 aliphatic rings. The lowest BCUT2D eigenvalue weighted by Crippen LogP contribution is -2.50. The van der Waals surface area contributed by atoms with Crippen molar-refractivity contribution in [3.63, 3.8) is 0 Å². The lowest BCUT2D eigenvalue weighted by atomic mass is 10.0. The van der Waals surface area contributed by atoms with E-state index in [-0.39, 0.29) is 23.6 Å². The summed E-state index contributed by atoms with van der Waals surface area (Å²) in [6.45, 7) is 4.11. The molecular weight excluding hydrogens is 476 g/mol. The van der Waals surface area contributed by atoms with E-state index >= 15 is 0 Å². The molecule has 37 heavy (non-hydrogen) atoms. The number of rotatable bonds is 8. The summed E-state index contributed by atoms with van der Waals surface area (Å²) in [4.78, 5) is 47.0. The maximum Gasteiger partial charge on any atom is 0.405 e. The molecule has 3 N–H and O–H groups in total. The van der Waals surface area contributed by atoms with Gasteiger partial charge in [0.05, 0.1) is 22.9 Å². The van der Waals surface area contributed by atoms with Gasteiger partial charge in [0.25, 0.3) is 5.69 Å². The number of nitrogens with zero attached hydrogens (tertiary/aromatic N) is 4. The first-order valence-electron chi connectivity index (χ1n) is 12.1. The van der Waals surface area contributed by atoms with E-state index in [1.807, 2.05) is 30.3 Å². The molecule has 3 aromatic rings. The van der Waals surface area contributed by atoms with E-state index in [0.717, 1.165) is 12.1 Å². The maximum absolute atomic E-state index is 13.2. The summed E-state index contributed by atoms with van der Waals surface area (Å²) in [7, 11) is 1.78. The third kappa shape index (κ3) is 5.40. The molecular formula is C26H30N6O5. The molecule has 1 saturated heterocycles. The fraction of sp³-hybridized carbons (Fsp3) is 0.346. The van der Waals surface area contributed by atoms with Crippen molar-refractivity contribution in [2.24, 2.45) is 5.92 Å². The highest BCUT2D eigenvalue weighted by Gasteiger charge is 2.37. The number of carbonyl (C=O) groups excluding carboxylic acids is 1. The Morgan fingerprint density at radius 3 is 2.62 bits per heavy atom. The maximum atomic E-state index is 13.2. The number of aromatic amines is 1. The summed E-state index contributed by atoms with van der Waals surface area (Å²) in [6, 6.07) is 13.1. The van der Waals surface area contributed by atoms with Crippen LogP contribution in [0.3, 0.4) is 0 Å². The number of carbonyl (C=O) groups is 2. The van der Waals surface area contributed by atoms with Crippen molar-refractivity contribution in [1.82, 2.24) is 20.2 Å². The molecule has 11 nitrogen and oxygen atoms in total. The van der Waals surface area contributed by atoms with Crippen LogP contribution in [0.2, 0.25) is 0 Å². The van der Waals surface area contributed by atoms with Gasteiger partial charge in [0.15, 0.2) is 0 Å². The average molecular weight is 507 g/mol. The Bertz CT molecular complexity index is 1290. The predicted molar refractivity (Wildman–Crippen MR) is 139 cm³/mol. The van der Waals surface area contributed by atoms with E-state index in [4.69, 9.17) is 0 Å². The highest BCUT2D eigenvalue weighted by Crippen LogP contribution is 2.37. The molecule has 2 atom stereocenters. The lowest BCUT2D eigenvalue weighted by Gasteiger charge is -2.29. The number of imidazole rings is 1. The van der Waals surface area contributed by atoms with Gasteiger partial charge in [-0.05, 0) is 43.0 Å². The van der Waals surface area contributed by atoms with Gasteiger partial charge in [0.1, 0.15) is 17.6 Å². The van der Waals surface area contributed by atoms with E-state index < -0.39 is 17.1 Å². The van der Waals surface area contributed by atoms with Crippen LogP contribution < -0.4 is 10.2 Å². The van der Waals surface area contributed by atoms with Gasteiger partial charge in [-0.3, -0.25) is 14.9 Å². The fourth-order valence-electron chi connectivity index (χ4n) is 4.70. The van der Waals surface area contributed by atoms with Crippen molar-refractivity contribution in [3.05, 3.63) is 70.7 Å². The highest BCUT2D eigenvalue weighted by atomic mass is 16.6. The van der Waals surface area contributed by atoms with Gasteiger partial charge in [0.2, 0.25) is 5.91 Å². The van der Waals surface area contributed by atoms with Gasteiger partial charge in [0, 0.05) is 30.9 Å². The first-order chi connectivity index (χ1) is 17.7. The lowest BCUT2D eigenvalue weighted by molar-refractivity contribution is -0.384. The molecule has 0 spiro atoms. The smallest absolute Gasteiger partial charge is 0.405 e. The molecule has 0 aliphatic carbocycles. The zero-order chi connectivity index (χ0) is 26.7. The van der Waals surface area contributed by atoms with Crippen LogP contribution in [0.15, 0.2) is 54.7 Å². The SMILES string of the molecule is CC(C)[C@H](NC(=O)O)C(=O)N1CCC[C@H]1c1ncc(-c2ccc([N+](=O)[O-])c(N(C)c3ccccc3)c2)[nH]1. The quantitative estimate of drug-likeness (QED) is 0.296. The number of carboxylic acid groups (broad SMARTS) is 1. The number of nitro benzene ring substituents is 1. The van der Waals surface area contributed by atoms with Crippen LogP contribution in [-0.2, 0) is 4.79 Å². The summed E-state index contributed by atoms with van der Waals surface area (Å²) < 4.78 is 0. The van der Waals surface area contributed by atoms with Gasteiger partial charge in [-0.15, -0.1) is 0 Å². The van der Waals surface area contributed by atoms with Crippen molar-refractivity contribution >= 4 is 29.1 Å². The van der Waals surface area contributed by atoms with Crippen LogP contribution in [0, 0.1) is 16.0 Å². The fourth-order valence-corrected chi connectivity index (χ4v) is 4.70. The number of para-hydroxylation sites is 1. The summed E-state index contributed by atoms with van der Waals surface area (Å²) in [6.07, 6.45) is 1.88. The number of nitrogens with one attached hydrogen (secondary N) is 2. The van der Waals surface area contributed by atoms with E-state index in [1.165, 1.54) is 6.07 Å². The third-order valence-electron chi connectivity index (χ3n) is 6.65. The molecule has 0 radical (unpaired) electrons. The summed E-state index contributed by atoms with van der Waals surface area (Å²) >= 11 is 0. The zero-order valence-electron chi connectivity index (χ0n) is 20.9. The average Bonchev–Trinajstić information content (AvgIpc) is 3.56. The van der Waals surface area contributed by atoms with E-state index in [9.17, 15) is 24.8 Å². The normalized spacial score (nSPS) is 16.0. The number of anilines is 2. The first-order valence-corrected chi connectivity index (χ1v) is 12.1. The van der Waals surface area contributed by atoms with Crippen LogP contribution >= 0.6 is 0 Å². The summed E-state index contributed by atoms with van der Waals surface area (Å²) in [5.41, 5.74) is 2.60. The van der Waals surface area contributed by atoms with Gasteiger partial charge in [-0.1, -0.05) is 32.0 Å². The van der Waals surface area contributed by atoms with Crippen molar-refractivity contribution in [2.75, 3.05) is 18.5 Å². The molecule has 194 valence electrons. The highest BCUT2D eigenvalue weighted by molar-refractivity contribution is 5.86. The van der Waals surface area contributed by atoms with E-state index in [1.54, 1.807) is 49.0 Å². The Balaban J connectivity index is 1.63. The molecule has 2 aromatic carbocycles. The number of hydrogen-bond acceptors (Lipinski definition) is 6. The number of benzene rings is 2. The topological polar surface area (TPSA) is 145 Å². The Kier molecular flexibility index (Phi) is 7.42. The first kappa shape index (κ1) is 25.7. The number of aromatic nitrogens is 2. The van der Waals surface area contributed by atoms with E-state index in [2.05, 4.69) is 15.3 Å². The molecule has 2 amide bonds. The molecule has 1 aromatic heterocycles. The molecule has 11 heteroatoms. The zero-order valence-corrected chi connectivity index (χ0v) is 20.9. The van der Waals surface area contributed by atoms with Crippen LogP contribution in [0.25, 0.3) is 11.3 Å². The standard InChI is InChI=1S/C26H30N6O5/c1-16(2)23(29-26(34)35)25(33)31-13-7-10-21(31)24-27-15-19(28-24)17-11-12-20(32(36)37)22(14-17)30(3)18-8-5-4-6-9-18/h4-6,8-9,11-12,14-16,21,23,29H,7,10,13H2,1-3H3,(H,27,28)(H,34,35)/t21-,23-/m0/s1. The van der Waals surface area contributed by atoms with Crippen LogP contribution in [0.4, 0.5) is 21.9 Å². The predicted octanol–water partition coefficient (Wildman–Crippen LogP) is 4.71. The van der Waals surface area contributed by atoms with Gasteiger partial charge < -0.3 is 25.2 Å². The van der Waals surface area contributed by atoms with Gasteiger partial charge in [-0.2, -0.15) is 0 Å². The molecule has 0 saturated carbocycles. The molecule has 1 fully saturated rings. The number of likely N-dealkylation sites (tertiary alicyclic amines) is 1. The van der Waals surface area contributed by atoms with Crippen LogP contribution in [0.1, 0.15) is 38.6 Å². The molecule has 1 aliphatic heterocycles. The van der Waals surface area contributed by atoms with Crippen molar-refractivity contribution in [3.8, 4) is 11.3 Å². The Labute approximate surface area is 214 Å². The minimum absolute atomic E-state index is 0.0203. The number of hydrogen-bond donors (Lipinski definition) is 3. The molecule has 0 bridgehead atoms. The van der Waals surface area contributed by atoms with E-state index in [0.29, 0.717) is 35.7 Å². The largest absolute Gasteiger partial charge is 0.465 e. The second-order valence-electron chi connectivity index (χ2n) is 9.40. The Morgan fingerprint density at radius 1 is 1.24 bits per heavy atom. The Morgan fingerprint density at radius 2 is 1.97 bits per heavy atom. The number of nitro groups is 1. The van der Waals surface area contributed by atoms with Crippen molar-refractivity contribution < 1.29 is 19.6 Å². The molecule has 4 rings (SSSR count). The number of amides is 2. The monoisotopic (exact) mass is 506 g/mol. The van der Waals surface area contributed by atoms with Crippen LogP contribution in [0.5, 0.6) is 0 Å². The third-order valence-corrected chi connectivity index (χ3v) is 6.65. The minimum atomic E-state index is -1.24. The van der Waals surface area contributed by atoms with Gasteiger partial charge >= 0.3 is 6.09 Å². The number of H-pyrrole nitrogens is 1. The summed E-state index contributed by atoms with van der Waals surface area (Å²) in [5.74, 6) is 0.104. The summed E-state index contributed by atoms with van der Waals surface area (Å²) in [5, 5.41) is 23.3. The van der Waals surface area contributed by atoms with Gasteiger partial charge in [-0.25, -0.2) is 9.78 Å². The molecule has 0 unspecified atom stereocenters. The minimum Gasteiger partial charge on any atom is -0.465 e. The van der Waals surface area contributed by atoms with Crippen molar-refractivity contribution in [2.45, 2.75) is 38.8 Å².